The predicted molar refractivity (Wildman–Crippen MR) is 131 cm³/mol. The highest BCUT2D eigenvalue weighted by Gasteiger charge is 2.33. The van der Waals surface area contributed by atoms with Crippen molar-refractivity contribution in [1.82, 2.24) is 13.8 Å². The zero-order valence-electron chi connectivity index (χ0n) is 20.8. The molecule has 1 saturated heterocycles. The molecule has 4 rings (SSSR count). The molecule has 0 bridgehead atoms. The number of nitrogens with zero attached hydrogens (tertiary/aromatic N) is 3. The average molecular weight is 490 g/mol. The van der Waals surface area contributed by atoms with Gasteiger partial charge in [0.25, 0.3) is 5.91 Å². The maximum absolute atomic E-state index is 13.2. The Labute approximate surface area is 201 Å². The summed E-state index contributed by atoms with van der Waals surface area (Å²) in [6.07, 6.45) is 1.95. The van der Waals surface area contributed by atoms with Gasteiger partial charge in [0.1, 0.15) is 5.60 Å². The van der Waals surface area contributed by atoms with Crippen LogP contribution in [0.25, 0.3) is 10.9 Å². The van der Waals surface area contributed by atoms with Crippen LogP contribution in [0.3, 0.4) is 0 Å². The molecule has 1 aromatic carbocycles. The lowest BCUT2D eigenvalue weighted by molar-refractivity contribution is 0.0224. The first-order valence-electron chi connectivity index (χ1n) is 12.1. The van der Waals surface area contributed by atoms with Gasteiger partial charge in [0, 0.05) is 48.3 Å². The third-order valence-electron chi connectivity index (χ3n) is 6.71. The highest BCUT2D eigenvalue weighted by molar-refractivity contribution is 7.90. The van der Waals surface area contributed by atoms with Crippen molar-refractivity contribution in [1.29, 1.82) is 0 Å². The van der Waals surface area contributed by atoms with E-state index in [1.807, 2.05) is 25.7 Å². The van der Waals surface area contributed by atoms with Gasteiger partial charge >= 0.3 is 6.09 Å². The Morgan fingerprint density at radius 3 is 2.38 bits per heavy atom. The van der Waals surface area contributed by atoms with E-state index in [0.29, 0.717) is 41.0 Å². The van der Waals surface area contributed by atoms with Crippen LogP contribution in [-0.2, 0) is 27.7 Å². The fraction of sp³-hybridized carbons (Fsp3) is 0.600. The van der Waals surface area contributed by atoms with Crippen LogP contribution in [0.5, 0.6) is 0 Å². The third-order valence-corrected chi connectivity index (χ3v) is 8.42. The number of benzene rings is 1. The van der Waals surface area contributed by atoms with Crippen molar-refractivity contribution < 1.29 is 22.7 Å². The van der Waals surface area contributed by atoms with Crippen molar-refractivity contribution >= 4 is 32.9 Å². The molecule has 2 aliphatic heterocycles. The first kappa shape index (κ1) is 24.6. The monoisotopic (exact) mass is 489 g/mol. The van der Waals surface area contributed by atoms with Gasteiger partial charge in [-0.15, -0.1) is 0 Å². The summed E-state index contributed by atoms with van der Waals surface area (Å²) in [6, 6.07) is 5.26. The van der Waals surface area contributed by atoms with E-state index in [4.69, 9.17) is 4.74 Å². The summed E-state index contributed by atoms with van der Waals surface area (Å²) in [5.41, 5.74) is 1.94. The summed E-state index contributed by atoms with van der Waals surface area (Å²) in [5, 5.41) is 0.705. The second kappa shape index (κ2) is 8.91. The van der Waals surface area contributed by atoms with Crippen LogP contribution in [-0.4, -0.2) is 65.2 Å². The molecule has 0 aliphatic carbocycles. The van der Waals surface area contributed by atoms with E-state index in [1.165, 1.54) is 3.97 Å². The Morgan fingerprint density at radius 2 is 1.76 bits per heavy atom. The van der Waals surface area contributed by atoms with Crippen LogP contribution < -0.4 is 0 Å². The molecule has 1 fully saturated rings. The van der Waals surface area contributed by atoms with E-state index in [1.54, 1.807) is 30.0 Å². The zero-order valence-corrected chi connectivity index (χ0v) is 21.6. The average Bonchev–Trinajstić information content (AvgIpc) is 3.11. The van der Waals surface area contributed by atoms with Gasteiger partial charge in [-0.25, -0.2) is 17.2 Å². The molecular weight excluding hydrogens is 454 g/mol. The minimum Gasteiger partial charge on any atom is -0.444 e. The molecule has 3 heterocycles. The number of piperidine rings is 1. The fourth-order valence-electron chi connectivity index (χ4n) is 4.77. The lowest BCUT2D eigenvalue weighted by Gasteiger charge is -2.31. The number of hydrogen-bond donors (Lipinski definition) is 0. The Hall–Kier alpha value is -2.55. The van der Waals surface area contributed by atoms with Gasteiger partial charge in [-0.2, -0.15) is 0 Å². The van der Waals surface area contributed by atoms with Crippen molar-refractivity contribution in [2.75, 3.05) is 25.4 Å². The maximum Gasteiger partial charge on any atom is 0.410 e. The first-order chi connectivity index (χ1) is 15.9. The van der Waals surface area contributed by atoms with Crippen molar-refractivity contribution in [2.24, 2.45) is 5.92 Å². The van der Waals surface area contributed by atoms with Crippen LogP contribution in [0.15, 0.2) is 18.2 Å². The Bertz CT molecular complexity index is 1220. The largest absolute Gasteiger partial charge is 0.444 e. The van der Waals surface area contributed by atoms with Crippen molar-refractivity contribution in [2.45, 2.75) is 66.0 Å². The Morgan fingerprint density at radius 1 is 1.09 bits per heavy atom. The standard InChI is InChI=1S/C25H35N3O5S/c1-6-34(31,32)28-21-8-7-18(23(29)26-12-9-17(2)10-13-26)15-19(21)20-16-27(14-11-22(20)28)24(30)33-25(3,4)5/h7-8,15,17H,6,9-14,16H2,1-5H3. The number of likely N-dealkylation sites (tertiary alicyclic amines) is 1. The van der Waals surface area contributed by atoms with Crippen LogP contribution >= 0.6 is 0 Å². The summed E-state index contributed by atoms with van der Waals surface area (Å²) in [6.45, 7) is 11.4. The topological polar surface area (TPSA) is 88.9 Å². The molecule has 0 radical (unpaired) electrons. The minimum absolute atomic E-state index is 0.0338. The Kier molecular flexibility index (Phi) is 6.44. The molecule has 0 N–H and O–H groups in total. The van der Waals surface area contributed by atoms with Crippen molar-refractivity contribution in [3.05, 3.63) is 35.0 Å². The lowest BCUT2D eigenvalue weighted by Crippen LogP contribution is -2.40. The molecule has 1 aromatic heterocycles. The molecule has 8 nitrogen and oxygen atoms in total. The number of ether oxygens (including phenoxy) is 1. The summed E-state index contributed by atoms with van der Waals surface area (Å²) in [4.78, 5) is 29.5. The van der Waals surface area contributed by atoms with Crippen LogP contribution in [0.1, 0.15) is 69.1 Å². The van der Waals surface area contributed by atoms with Gasteiger partial charge in [-0.3, -0.25) is 4.79 Å². The molecular formula is C25H35N3O5S. The molecule has 2 amide bonds. The van der Waals surface area contributed by atoms with Gasteiger partial charge < -0.3 is 14.5 Å². The van der Waals surface area contributed by atoms with Gasteiger partial charge in [0.2, 0.25) is 10.0 Å². The second-order valence-electron chi connectivity index (χ2n) is 10.4. The molecule has 0 unspecified atom stereocenters. The highest BCUT2D eigenvalue weighted by Crippen LogP contribution is 2.34. The molecule has 186 valence electrons. The number of carbonyl (C=O) groups excluding carboxylic acids is 2. The number of amides is 2. The van der Waals surface area contributed by atoms with Gasteiger partial charge in [0.05, 0.1) is 17.8 Å². The quantitative estimate of drug-likeness (QED) is 0.650. The molecule has 2 aromatic rings. The Balaban J connectivity index is 1.76. The number of fused-ring (bicyclic) bond motifs is 3. The number of carbonyl (C=O) groups is 2. The van der Waals surface area contributed by atoms with Crippen LogP contribution in [0.4, 0.5) is 4.79 Å². The van der Waals surface area contributed by atoms with E-state index >= 15 is 0 Å². The van der Waals surface area contributed by atoms with Gasteiger partial charge in [-0.05, 0) is 64.7 Å². The van der Waals surface area contributed by atoms with Crippen LogP contribution in [0, 0.1) is 5.92 Å². The summed E-state index contributed by atoms with van der Waals surface area (Å²) in [7, 11) is -3.56. The smallest absolute Gasteiger partial charge is 0.410 e. The fourth-order valence-corrected chi connectivity index (χ4v) is 6.03. The van der Waals surface area contributed by atoms with E-state index in [0.717, 1.165) is 31.5 Å². The van der Waals surface area contributed by atoms with Crippen LogP contribution in [0.2, 0.25) is 0 Å². The van der Waals surface area contributed by atoms with Crippen molar-refractivity contribution in [3.63, 3.8) is 0 Å². The zero-order chi connectivity index (χ0) is 24.8. The normalized spacial score (nSPS) is 17.7. The number of hydrogen-bond acceptors (Lipinski definition) is 5. The predicted octanol–water partition coefficient (Wildman–Crippen LogP) is 4.00. The maximum atomic E-state index is 13.2. The summed E-state index contributed by atoms with van der Waals surface area (Å²) >= 11 is 0. The molecule has 0 atom stereocenters. The SMILES string of the molecule is CCS(=O)(=O)n1c2c(c3cc(C(=O)N4CCC(C)CC4)ccc31)CN(C(=O)OC(C)(C)C)CC2. The molecule has 2 aliphatic rings. The molecule has 34 heavy (non-hydrogen) atoms. The van der Waals surface area contributed by atoms with Gasteiger partial charge in [0.15, 0.2) is 0 Å². The van der Waals surface area contributed by atoms with Crippen molar-refractivity contribution in [3.8, 4) is 0 Å². The summed E-state index contributed by atoms with van der Waals surface area (Å²) < 4.78 is 33.0. The van der Waals surface area contributed by atoms with E-state index < -0.39 is 21.7 Å². The van der Waals surface area contributed by atoms with Gasteiger partial charge in [-0.1, -0.05) is 6.92 Å². The molecule has 0 spiro atoms. The number of rotatable bonds is 3. The molecule has 0 saturated carbocycles. The highest BCUT2D eigenvalue weighted by atomic mass is 32.2. The number of aromatic nitrogens is 1. The molecule has 9 heteroatoms. The second-order valence-corrected chi connectivity index (χ2v) is 12.6. The lowest BCUT2D eigenvalue weighted by atomic mass is 9.98. The first-order valence-corrected chi connectivity index (χ1v) is 13.7. The van der Waals surface area contributed by atoms with E-state index in [-0.39, 0.29) is 18.2 Å². The minimum atomic E-state index is -3.56. The third kappa shape index (κ3) is 4.67. The van der Waals surface area contributed by atoms with E-state index in [2.05, 4.69) is 6.92 Å². The summed E-state index contributed by atoms with van der Waals surface area (Å²) in [5.74, 6) is 0.546. The van der Waals surface area contributed by atoms with E-state index in [9.17, 15) is 18.0 Å².